The Labute approximate surface area is 124 Å². The van der Waals surface area contributed by atoms with Gasteiger partial charge in [-0.25, -0.2) is 0 Å². The monoisotopic (exact) mass is 285 g/mol. The van der Waals surface area contributed by atoms with E-state index in [1.54, 1.807) is 0 Å². The quantitative estimate of drug-likeness (QED) is 0.620. The summed E-state index contributed by atoms with van der Waals surface area (Å²) in [6.07, 6.45) is 1.07. The molecule has 2 heteroatoms. The summed E-state index contributed by atoms with van der Waals surface area (Å²) in [4.78, 5) is 0. The van der Waals surface area contributed by atoms with Gasteiger partial charge in [-0.2, -0.15) is 0 Å². The van der Waals surface area contributed by atoms with E-state index in [-0.39, 0.29) is 5.41 Å². The molecule has 2 rings (SSSR count). The molecule has 2 aromatic rings. The lowest BCUT2D eigenvalue weighted by molar-refractivity contribution is 0.592. The summed E-state index contributed by atoms with van der Waals surface area (Å²) in [6, 6.07) is 15.1. The van der Waals surface area contributed by atoms with Crippen LogP contribution in [0, 0.1) is 0 Å². The van der Waals surface area contributed by atoms with Crippen molar-refractivity contribution in [2.24, 2.45) is 0 Å². The highest BCUT2D eigenvalue weighted by molar-refractivity contribution is 7.36. The van der Waals surface area contributed by atoms with Crippen LogP contribution in [0.2, 0.25) is 0 Å². The van der Waals surface area contributed by atoms with Crippen LogP contribution in [0.25, 0.3) is 11.1 Å². The molecule has 0 heterocycles. The molecule has 106 valence electrons. The molecule has 2 N–H and O–H groups in total. The van der Waals surface area contributed by atoms with Gasteiger partial charge in [0.15, 0.2) is 0 Å². The first-order valence-electron chi connectivity index (χ1n) is 7.06. The molecule has 0 aliphatic rings. The predicted molar refractivity (Wildman–Crippen MR) is 92.9 cm³/mol. The highest BCUT2D eigenvalue weighted by Gasteiger charge is 2.20. The summed E-state index contributed by atoms with van der Waals surface area (Å²) < 4.78 is 0. The molecule has 0 fully saturated rings. The molecule has 1 atom stereocenters. The molecule has 0 aromatic heterocycles. The van der Waals surface area contributed by atoms with Gasteiger partial charge in [0.2, 0.25) is 0 Å². The largest absolute Gasteiger partial charge is 0.398 e. The number of anilines is 1. The second-order valence-corrected chi connectivity index (χ2v) is 7.30. The summed E-state index contributed by atoms with van der Waals surface area (Å²) in [6.45, 7) is 8.91. The highest BCUT2D eigenvalue weighted by atomic mass is 31.1. The topological polar surface area (TPSA) is 26.0 Å². The summed E-state index contributed by atoms with van der Waals surface area (Å²) in [5.74, 6) is 0. The van der Waals surface area contributed by atoms with E-state index >= 15 is 0 Å². The first-order chi connectivity index (χ1) is 9.43. The van der Waals surface area contributed by atoms with E-state index < -0.39 is 0 Å². The molecule has 1 unspecified atom stereocenters. The molecule has 0 amide bonds. The van der Waals surface area contributed by atoms with E-state index in [9.17, 15) is 0 Å². The first-order valence-corrected chi connectivity index (χ1v) is 8.77. The molecule has 0 spiro atoms. The van der Waals surface area contributed by atoms with Crippen molar-refractivity contribution < 1.29 is 0 Å². The SMILES string of the molecule is CPCc1cc(-c2ccccc2)cc(C(C)(C)C)c1N. The second kappa shape index (κ2) is 5.97. The summed E-state index contributed by atoms with van der Waals surface area (Å²) in [7, 11) is 0.885. The van der Waals surface area contributed by atoms with Gasteiger partial charge in [0.25, 0.3) is 0 Å². The number of hydrogen-bond donors (Lipinski definition) is 1. The fourth-order valence-electron chi connectivity index (χ4n) is 2.47. The maximum Gasteiger partial charge on any atom is 0.0388 e. The molecular weight excluding hydrogens is 261 g/mol. The third-order valence-electron chi connectivity index (χ3n) is 3.55. The van der Waals surface area contributed by atoms with Crippen LogP contribution < -0.4 is 5.73 Å². The molecule has 0 bridgehead atoms. The van der Waals surface area contributed by atoms with Gasteiger partial charge in [-0.05, 0) is 52.6 Å². The summed E-state index contributed by atoms with van der Waals surface area (Å²) in [5, 5.41) is 0. The minimum atomic E-state index is 0.0699. The van der Waals surface area contributed by atoms with Crippen LogP contribution in [-0.4, -0.2) is 6.66 Å². The molecule has 0 saturated carbocycles. The van der Waals surface area contributed by atoms with Crippen LogP contribution in [0.4, 0.5) is 5.69 Å². The Kier molecular flexibility index (Phi) is 4.50. The molecule has 0 aliphatic carbocycles. The van der Waals surface area contributed by atoms with Crippen LogP contribution in [0.5, 0.6) is 0 Å². The van der Waals surface area contributed by atoms with Crippen molar-refractivity contribution in [2.45, 2.75) is 32.3 Å². The fourth-order valence-corrected chi connectivity index (χ4v) is 3.14. The van der Waals surface area contributed by atoms with Crippen molar-refractivity contribution in [3.8, 4) is 11.1 Å². The maximum absolute atomic E-state index is 6.41. The van der Waals surface area contributed by atoms with Gasteiger partial charge < -0.3 is 5.73 Å². The molecule has 1 nitrogen and oxygen atoms in total. The molecule has 0 saturated heterocycles. The Morgan fingerprint density at radius 1 is 1.00 bits per heavy atom. The van der Waals surface area contributed by atoms with Gasteiger partial charge in [-0.3, -0.25) is 0 Å². The molecule has 0 aliphatic heterocycles. The van der Waals surface area contributed by atoms with Gasteiger partial charge >= 0.3 is 0 Å². The maximum atomic E-state index is 6.41. The van der Waals surface area contributed by atoms with Gasteiger partial charge in [0, 0.05) is 5.69 Å². The third-order valence-corrected chi connectivity index (χ3v) is 4.28. The van der Waals surface area contributed by atoms with Crippen molar-refractivity contribution in [2.75, 3.05) is 12.4 Å². The molecule has 0 radical (unpaired) electrons. The van der Waals surface area contributed by atoms with Crippen molar-refractivity contribution in [3.05, 3.63) is 53.6 Å². The number of benzene rings is 2. The van der Waals surface area contributed by atoms with Crippen LogP contribution in [0.1, 0.15) is 31.9 Å². The van der Waals surface area contributed by atoms with E-state index in [4.69, 9.17) is 5.73 Å². The Morgan fingerprint density at radius 3 is 2.20 bits per heavy atom. The number of hydrogen-bond acceptors (Lipinski definition) is 1. The van der Waals surface area contributed by atoms with E-state index in [2.05, 4.69) is 69.9 Å². The molecule has 2 aromatic carbocycles. The van der Waals surface area contributed by atoms with Crippen LogP contribution in [0.15, 0.2) is 42.5 Å². The second-order valence-electron chi connectivity index (χ2n) is 6.24. The lowest BCUT2D eigenvalue weighted by atomic mass is 9.83. The Bertz CT molecular complexity index is 582. The zero-order valence-electron chi connectivity index (χ0n) is 12.8. The molecular formula is C18H24NP. The van der Waals surface area contributed by atoms with E-state index in [1.807, 2.05) is 0 Å². The van der Waals surface area contributed by atoms with Crippen molar-refractivity contribution >= 4 is 14.3 Å². The lowest BCUT2D eigenvalue weighted by Crippen LogP contribution is -2.15. The number of rotatable bonds is 3. The zero-order chi connectivity index (χ0) is 14.8. The summed E-state index contributed by atoms with van der Waals surface area (Å²) in [5.41, 5.74) is 12.5. The predicted octanol–water partition coefficient (Wildman–Crippen LogP) is 5.04. The van der Waals surface area contributed by atoms with E-state index in [0.29, 0.717) is 0 Å². The molecule has 20 heavy (non-hydrogen) atoms. The lowest BCUT2D eigenvalue weighted by Gasteiger charge is -2.24. The minimum absolute atomic E-state index is 0.0699. The van der Waals surface area contributed by atoms with Crippen LogP contribution in [0.3, 0.4) is 0 Å². The third kappa shape index (κ3) is 3.22. The van der Waals surface area contributed by atoms with Crippen molar-refractivity contribution in [1.29, 1.82) is 0 Å². The van der Waals surface area contributed by atoms with Gasteiger partial charge in [-0.1, -0.05) is 51.1 Å². The van der Waals surface area contributed by atoms with Crippen LogP contribution >= 0.6 is 8.58 Å². The Balaban J connectivity index is 2.62. The van der Waals surface area contributed by atoms with Gasteiger partial charge in [-0.15, -0.1) is 8.58 Å². The first kappa shape index (κ1) is 15.1. The number of nitrogen functional groups attached to an aromatic ring is 1. The smallest absolute Gasteiger partial charge is 0.0388 e. The standard InChI is InChI=1S/C18H24NP/c1-18(2,3)16-11-14(13-8-6-5-7-9-13)10-15(12-20-4)17(16)19/h5-11,20H,12,19H2,1-4H3. The Morgan fingerprint density at radius 2 is 1.65 bits per heavy atom. The minimum Gasteiger partial charge on any atom is -0.398 e. The highest BCUT2D eigenvalue weighted by Crippen LogP contribution is 2.36. The average Bonchev–Trinajstić information content (AvgIpc) is 2.41. The number of nitrogens with two attached hydrogens (primary N) is 1. The Hall–Kier alpha value is -1.33. The fraction of sp³-hybridized carbons (Fsp3) is 0.333. The normalized spacial score (nSPS) is 12.2. The van der Waals surface area contributed by atoms with Crippen LogP contribution in [-0.2, 0) is 11.6 Å². The van der Waals surface area contributed by atoms with Gasteiger partial charge in [0.1, 0.15) is 0 Å². The van der Waals surface area contributed by atoms with E-state index in [0.717, 1.165) is 20.4 Å². The van der Waals surface area contributed by atoms with Gasteiger partial charge in [0.05, 0.1) is 0 Å². The van der Waals surface area contributed by atoms with Crippen molar-refractivity contribution in [3.63, 3.8) is 0 Å². The van der Waals surface area contributed by atoms with E-state index in [1.165, 1.54) is 22.3 Å². The zero-order valence-corrected chi connectivity index (χ0v) is 13.8. The summed E-state index contributed by atoms with van der Waals surface area (Å²) >= 11 is 0. The average molecular weight is 285 g/mol. The van der Waals surface area contributed by atoms with Crippen molar-refractivity contribution in [1.82, 2.24) is 0 Å².